The number of carbonyl (C=O) groups is 1. The topological polar surface area (TPSA) is 64.6 Å². The van der Waals surface area contributed by atoms with Crippen molar-refractivity contribution in [1.82, 2.24) is 10.6 Å². The molecule has 21 heavy (non-hydrogen) atoms. The normalized spacial score (nSPS) is 16.2. The second-order valence-electron chi connectivity index (χ2n) is 5.70. The number of rotatable bonds is 6. The van der Waals surface area contributed by atoms with Gasteiger partial charge in [0.2, 0.25) is 0 Å². The maximum atomic E-state index is 11.7. The smallest absolute Gasteiger partial charge is 0.314 e. The minimum atomic E-state index is -0.384. The van der Waals surface area contributed by atoms with Crippen molar-refractivity contribution in [3.63, 3.8) is 0 Å². The highest BCUT2D eigenvalue weighted by Gasteiger charge is 2.22. The van der Waals surface area contributed by atoms with Gasteiger partial charge in [0.05, 0.1) is 6.10 Å². The number of fused-ring (bicyclic) bond motifs is 1. The van der Waals surface area contributed by atoms with Crippen LogP contribution in [-0.4, -0.2) is 42.9 Å². The molecular weight excluding hydrogens is 266 g/mol. The monoisotopic (exact) mass is 291 g/mol. The Morgan fingerprint density at radius 2 is 2.10 bits per heavy atom. The SMILES string of the molecule is CC(O)CCNC(=O)NCC(C)N1CCc2ccccc21. The van der Waals surface area contributed by atoms with Crippen molar-refractivity contribution in [2.45, 2.75) is 38.8 Å². The summed E-state index contributed by atoms with van der Waals surface area (Å²) in [7, 11) is 0. The largest absolute Gasteiger partial charge is 0.393 e. The Morgan fingerprint density at radius 1 is 1.33 bits per heavy atom. The van der Waals surface area contributed by atoms with Crippen molar-refractivity contribution >= 4 is 11.7 Å². The molecule has 5 nitrogen and oxygen atoms in total. The molecule has 1 aromatic carbocycles. The van der Waals surface area contributed by atoms with Crippen LogP contribution in [0, 0.1) is 0 Å². The van der Waals surface area contributed by atoms with Crippen molar-refractivity contribution in [1.29, 1.82) is 0 Å². The fourth-order valence-electron chi connectivity index (χ4n) is 2.63. The number of aliphatic hydroxyl groups is 1. The van der Waals surface area contributed by atoms with E-state index in [0.29, 0.717) is 19.5 Å². The summed E-state index contributed by atoms with van der Waals surface area (Å²) in [5, 5.41) is 14.8. The Kier molecular flexibility index (Phi) is 5.44. The van der Waals surface area contributed by atoms with E-state index in [0.717, 1.165) is 13.0 Å². The quantitative estimate of drug-likeness (QED) is 0.744. The molecular formula is C16H25N3O2. The summed E-state index contributed by atoms with van der Waals surface area (Å²) in [6.07, 6.45) is 1.26. The zero-order valence-corrected chi connectivity index (χ0v) is 12.8. The number of hydrogen-bond donors (Lipinski definition) is 3. The zero-order chi connectivity index (χ0) is 15.2. The van der Waals surface area contributed by atoms with E-state index in [9.17, 15) is 4.79 Å². The molecule has 0 fully saturated rings. The molecule has 0 saturated carbocycles. The van der Waals surface area contributed by atoms with Crippen LogP contribution in [0.4, 0.5) is 10.5 Å². The van der Waals surface area contributed by atoms with Gasteiger partial charge in [-0.3, -0.25) is 0 Å². The van der Waals surface area contributed by atoms with Crippen LogP contribution in [0.3, 0.4) is 0 Å². The molecule has 5 heteroatoms. The predicted molar refractivity (Wildman–Crippen MR) is 84.7 cm³/mol. The fraction of sp³-hybridized carbons (Fsp3) is 0.562. The van der Waals surface area contributed by atoms with Crippen LogP contribution < -0.4 is 15.5 Å². The van der Waals surface area contributed by atoms with Crippen LogP contribution in [0.2, 0.25) is 0 Å². The van der Waals surface area contributed by atoms with Gasteiger partial charge in [0.25, 0.3) is 0 Å². The summed E-state index contributed by atoms with van der Waals surface area (Å²) in [4.78, 5) is 14.0. The summed E-state index contributed by atoms with van der Waals surface area (Å²) in [6, 6.07) is 8.52. The van der Waals surface area contributed by atoms with E-state index >= 15 is 0 Å². The van der Waals surface area contributed by atoms with Crippen molar-refractivity contribution in [2.75, 3.05) is 24.5 Å². The third-order valence-corrected chi connectivity index (χ3v) is 3.86. The van der Waals surface area contributed by atoms with Gasteiger partial charge in [-0.15, -0.1) is 0 Å². The van der Waals surface area contributed by atoms with Gasteiger partial charge in [0.15, 0.2) is 0 Å². The maximum absolute atomic E-state index is 11.7. The molecule has 3 N–H and O–H groups in total. The zero-order valence-electron chi connectivity index (χ0n) is 12.8. The van der Waals surface area contributed by atoms with Crippen LogP contribution in [0.15, 0.2) is 24.3 Å². The molecule has 116 valence electrons. The Morgan fingerprint density at radius 3 is 2.86 bits per heavy atom. The minimum Gasteiger partial charge on any atom is -0.393 e. The molecule has 2 atom stereocenters. The van der Waals surface area contributed by atoms with Crippen molar-refractivity contribution < 1.29 is 9.90 Å². The van der Waals surface area contributed by atoms with Gasteiger partial charge >= 0.3 is 6.03 Å². The van der Waals surface area contributed by atoms with E-state index in [2.05, 4.69) is 46.7 Å². The molecule has 0 aromatic heterocycles. The summed E-state index contributed by atoms with van der Waals surface area (Å²) >= 11 is 0. The number of anilines is 1. The van der Waals surface area contributed by atoms with E-state index < -0.39 is 0 Å². The van der Waals surface area contributed by atoms with Crippen molar-refractivity contribution in [2.24, 2.45) is 0 Å². The minimum absolute atomic E-state index is 0.171. The molecule has 2 rings (SSSR count). The molecule has 1 aliphatic heterocycles. The van der Waals surface area contributed by atoms with E-state index in [1.54, 1.807) is 6.92 Å². The van der Waals surface area contributed by atoms with Crippen molar-refractivity contribution in [3.05, 3.63) is 29.8 Å². The van der Waals surface area contributed by atoms with Gasteiger partial charge in [0, 0.05) is 31.4 Å². The number of benzene rings is 1. The number of amides is 2. The van der Waals surface area contributed by atoms with Crippen LogP contribution >= 0.6 is 0 Å². The van der Waals surface area contributed by atoms with Gasteiger partial charge in [-0.25, -0.2) is 4.79 Å². The lowest BCUT2D eigenvalue weighted by Crippen LogP contribution is -2.45. The third-order valence-electron chi connectivity index (χ3n) is 3.86. The summed E-state index contributed by atoms with van der Waals surface area (Å²) in [5.74, 6) is 0. The summed E-state index contributed by atoms with van der Waals surface area (Å²) < 4.78 is 0. The number of para-hydroxylation sites is 1. The first kappa shape index (κ1) is 15.6. The second kappa shape index (κ2) is 7.31. The fourth-order valence-corrected chi connectivity index (χ4v) is 2.63. The molecule has 1 heterocycles. The number of nitrogens with one attached hydrogen (secondary N) is 2. The van der Waals surface area contributed by atoms with Crippen LogP contribution in [0.25, 0.3) is 0 Å². The second-order valence-corrected chi connectivity index (χ2v) is 5.70. The van der Waals surface area contributed by atoms with E-state index in [1.165, 1.54) is 11.3 Å². The number of carbonyl (C=O) groups excluding carboxylic acids is 1. The van der Waals surface area contributed by atoms with Gasteiger partial charge in [0.1, 0.15) is 0 Å². The van der Waals surface area contributed by atoms with E-state index in [4.69, 9.17) is 5.11 Å². The molecule has 2 amide bonds. The van der Waals surface area contributed by atoms with Gasteiger partial charge in [-0.05, 0) is 38.3 Å². The lowest BCUT2D eigenvalue weighted by atomic mass is 10.2. The molecule has 0 radical (unpaired) electrons. The highest BCUT2D eigenvalue weighted by molar-refractivity contribution is 5.73. The first-order valence-electron chi connectivity index (χ1n) is 7.62. The van der Waals surface area contributed by atoms with Crippen LogP contribution in [0.5, 0.6) is 0 Å². The maximum Gasteiger partial charge on any atom is 0.314 e. The first-order chi connectivity index (χ1) is 10.1. The average molecular weight is 291 g/mol. The third kappa shape index (κ3) is 4.36. The Hall–Kier alpha value is -1.75. The standard InChI is InChI=1S/C16H25N3O2/c1-12(11-18-16(21)17-9-7-13(2)20)19-10-8-14-5-3-4-6-15(14)19/h3-6,12-13,20H,7-11H2,1-2H3,(H2,17,18,21). The molecule has 0 aliphatic carbocycles. The number of aliphatic hydroxyl groups excluding tert-OH is 1. The molecule has 2 unspecified atom stereocenters. The lowest BCUT2D eigenvalue weighted by molar-refractivity contribution is 0.183. The number of hydrogen-bond acceptors (Lipinski definition) is 3. The van der Waals surface area contributed by atoms with Gasteiger partial charge in [-0.1, -0.05) is 18.2 Å². The van der Waals surface area contributed by atoms with E-state index in [-0.39, 0.29) is 18.2 Å². The Bertz CT molecular complexity index is 476. The predicted octanol–water partition coefficient (Wildman–Crippen LogP) is 1.51. The van der Waals surface area contributed by atoms with Gasteiger partial charge in [-0.2, -0.15) is 0 Å². The summed E-state index contributed by atoms with van der Waals surface area (Å²) in [6.45, 7) is 5.94. The average Bonchev–Trinajstić information content (AvgIpc) is 2.88. The van der Waals surface area contributed by atoms with Crippen LogP contribution in [-0.2, 0) is 6.42 Å². The Balaban J connectivity index is 1.75. The first-order valence-corrected chi connectivity index (χ1v) is 7.62. The molecule has 0 bridgehead atoms. The van der Waals surface area contributed by atoms with Crippen molar-refractivity contribution in [3.8, 4) is 0 Å². The van der Waals surface area contributed by atoms with E-state index in [1.807, 2.05) is 0 Å². The highest BCUT2D eigenvalue weighted by atomic mass is 16.3. The van der Waals surface area contributed by atoms with Gasteiger partial charge < -0.3 is 20.6 Å². The summed E-state index contributed by atoms with van der Waals surface area (Å²) in [5.41, 5.74) is 2.66. The molecule has 1 aliphatic rings. The van der Waals surface area contributed by atoms with Crippen LogP contribution in [0.1, 0.15) is 25.8 Å². The number of nitrogens with zero attached hydrogens (tertiary/aromatic N) is 1. The molecule has 0 saturated heterocycles. The highest BCUT2D eigenvalue weighted by Crippen LogP contribution is 2.28. The molecule has 0 spiro atoms. The Labute approximate surface area is 126 Å². The molecule has 1 aromatic rings. The lowest BCUT2D eigenvalue weighted by Gasteiger charge is -2.27. The number of urea groups is 1.